The highest BCUT2D eigenvalue weighted by Crippen LogP contribution is 2.22. The Labute approximate surface area is 118 Å². The molecule has 0 aromatic carbocycles. The zero-order chi connectivity index (χ0) is 14.3. The maximum absolute atomic E-state index is 4.77. The van der Waals surface area contributed by atoms with Gasteiger partial charge in [0.25, 0.3) is 0 Å². The lowest BCUT2D eigenvalue weighted by molar-refractivity contribution is 0.584. The largest absolute Gasteiger partial charge is 0.370 e. The third-order valence-electron chi connectivity index (χ3n) is 3.32. The minimum atomic E-state index is 0.481. The Morgan fingerprint density at radius 1 is 1.11 bits per heavy atom. The molecule has 0 radical (unpaired) electrons. The van der Waals surface area contributed by atoms with Crippen molar-refractivity contribution in [2.45, 2.75) is 66.2 Å². The molecule has 0 amide bonds. The van der Waals surface area contributed by atoms with Gasteiger partial charge in [0, 0.05) is 24.2 Å². The van der Waals surface area contributed by atoms with E-state index in [1.807, 2.05) is 0 Å². The van der Waals surface area contributed by atoms with Gasteiger partial charge in [0.2, 0.25) is 0 Å². The van der Waals surface area contributed by atoms with Crippen LogP contribution in [-0.4, -0.2) is 16.5 Å². The summed E-state index contributed by atoms with van der Waals surface area (Å²) in [5.41, 5.74) is 1.17. The molecule has 1 N–H and O–H groups in total. The molecule has 19 heavy (non-hydrogen) atoms. The molecule has 0 saturated carbocycles. The quantitative estimate of drug-likeness (QED) is 0.755. The van der Waals surface area contributed by atoms with Crippen LogP contribution in [0.1, 0.15) is 71.3 Å². The number of aromatic nitrogens is 2. The van der Waals surface area contributed by atoms with Crippen molar-refractivity contribution in [3.8, 4) is 0 Å². The van der Waals surface area contributed by atoms with E-state index in [1.165, 1.54) is 5.69 Å². The number of anilines is 1. The predicted molar refractivity (Wildman–Crippen MR) is 82.7 cm³/mol. The second kappa shape index (κ2) is 8.13. The maximum Gasteiger partial charge on any atom is 0.134 e. The van der Waals surface area contributed by atoms with Crippen LogP contribution in [0.15, 0.2) is 6.07 Å². The van der Waals surface area contributed by atoms with Gasteiger partial charge in [-0.25, -0.2) is 9.97 Å². The van der Waals surface area contributed by atoms with E-state index in [2.05, 4.69) is 46.0 Å². The minimum absolute atomic E-state index is 0.481. The van der Waals surface area contributed by atoms with E-state index < -0.39 is 0 Å². The number of hydrogen-bond donors (Lipinski definition) is 1. The number of nitrogens with one attached hydrogen (secondary N) is 1. The zero-order valence-electron chi connectivity index (χ0n) is 13.2. The standard InChI is InChI=1S/C16H29N3/c1-6-9-17-15-11-14(10-12(4)5)18-16(19-15)13(7-2)8-3/h11-13H,6-10H2,1-5H3,(H,17,18,19). The Hall–Kier alpha value is -1.12. The summed E-state index contributed by atoms with van der Waals surface area (Å²) in [6.07, 6.45) is 4.35. The molecule has 1 heterocycles. The molecular formula is C16H29N3. The summed E-state index contributed by atoms with van der Waals surface area (Å²) in [7, 11) is 0. The highest BCUT2D eigenvalue weighted by atomic mass is 15.0. The van der Waals surface area contributed by atoms with E-state index >= 15 is 0 Å². The number of nitrogens with zero attached hydrogens (tertiary/aromatic N) is 2. The van der Waals surface area contributed by atoms with Gasteiger partial charge >= 0.3 is 0 Å². The van der Waals surface area contributed by atoms with Crippen LogP contribution in [0, 0.1) is 5.92 Å². The van der Waals surface area contributed by atoms with E-state index in [1.54, 1.807) is 0 Å². The highest BCUT2D eigenvalue weighted by Gasteiger charge is 2.13. The molecule has 3 nitrogen and oxygen atoms in total. The number of rotatable bonds is 8. The van der Waals surface area contributed by atoms with E-state index in [4.69, 9.17) is 9.97 Å². The SMILES string of the molecule is CCCNc1cc(CC(C)C)nc(C(CC)CC)n1. The maximum atomic E-state index is 4.77. The van der Waals surface area contributed by atoms with Gasteiger partial charge in [-0.2, -0.15) is 0 Å². The van der Waals surface area contributed by atoms with E-state index in [0.29, 0.717) is 11.8 Å². The first-order chi connectivity index (χ1) is 9.10. The lowest BCUT2D eigenvalue weighted by atomic mass is 10.0. The molecule has 0 fully saturated rings. The van der Waals surface area contributed by atoms with E-state index in [0.717, 1.165) is 43.9 Å². The first kappa shape index (κ1) is 15.9. The molecule has 1 rings (SSSR count). The minimum Gasteiger partial charge on any atom is -0.370 e. The molecule has 1 aromatic heterocycles. The third-order valence-corrected chi connectivity index (χ3v) is 3.32. The predicted octanol–water partition coefficient (Wildman–Crippen LogP) is 4.40. The topological polar surface area (TPSA) is 37.8 Å². The second-order valence-electron chi connectivity index (χ2n) is 5.64. The van der Waals surface area contributed by atoms with Gasteiger partial charge in [0.05, 0.1) is 0 Å². The summed E-state index contributed by atoms with van der Waals surface area (Å²) in [6.45, 7) is 12.0. The van der Waals surface area contributed by atoms with Gasteiger partial charge in [-0.1, -0.05) is 34.6 Å². The summed E-state index contributed by atoms with van der Waals surface area (Å²) in [5, 5.41) is 3.40. The molecule has 108 valence electrons. The number of hydrogen-bond acceptors (Lipinski definition) is 3. The summed E-state index contributed by atoms with van der Waals surface area (Å²) in [4.78, 5) is 9.47. The molecule has 0 aliphatic heterocycles. The van der Waals surface area contributed by atoms with Crippen molar-refractivity contribution in [1.29, 1.82) is 0 Å². The van der Waals surface area contributed by atoms with E-state index in [9.17, 15) is 0 Å². The zero-order valence-corrected chi connectivity index (χ0v) is 13.2. The normalized spacial score (nSPS) is 11.3. The second-order valence-corrected chi connectivity index (χ2v) is 5.64. The summed E-state index contributed by atoms with van der Waals surface area (Å²) in [5.74, 6) is 3.12. The molecular weight excluding hydrogens is 234 g/mol. The third kappa shape index (κ3) is 5.17. The smallest absolute Gasteiger partial charge is 0.134 e. The Balaban J connectivity index is 3.00. The van der Waals surface area contributed by atoms with Crippen molar-refractivity contribution in [2.75, 3.05) is 11.9 Å². The Morgan fingerprint density at radius 2 is 1.79 bits per heavy atom. The summed E-state index contributed by atoms with van der Waals surface area (Å²) in [6, 6.07) is 2.11. The van der Waals surface area contributed by atoms with Crippen LogP contribution in [0.25, 0.3) is 0 Å². The Kier molecular flexibility index (Phi) is 6.82. The van der Waals surface area contributed by atoms with Crippen LogP contribution in [0.3, 0.4) is 0 Å². The van der Waals surface area contributed by atoms with Crippen molar-refractivity contribution in [1.82, 2.24) is 9.97 Å². The highest BCUT2D eigenvalue weighted by molar-refractivity contribution is 5.36. The molecule has 0 spiro atoms. The van der Waals surface area contributed by atoms with Crippen LogP contribution in [0.2, 0.25) is 0 Å². The van der Waals surface area contributed by atoms with Crippen LogP contribution in [-0.2, 0) is 6.42 Å². The molecule has 0 aliphatic rings. The first-order valence-electron chi connectivity index (χ1n) is 7.72. The Morgan fingerprint density at radius 3 is 2.32 bits per heavy atom. The average Bonchev–Trinajstić information content (AvgIpc) is 2.37. The molecule has 0 bridgehead atoms. The lowest BCUT2D eigenvalue weighted by Gasteiger charge is -2.15. The molecule has 0 saturated heterocycles. The molecule has 0 aliphatic carbocycles. The van der Waals surface area contributed by atoms with Crippen molar-refractivity contribution in [2.24, 2.45) is 5.92 Å². The first-order valence-corrected chi connectivity index (χ1v) is 7.72. The van der Waals surface area contributed by atoms with Crippen LogP contribution < -0.4 is 5.32 Å². The average molecular weight is 263 g/mol. The van der Waals surface area contributed by atoms with Gasteiger partial charge < -0.3 is 5.32 Å². The summed E-state index contributed by atoms with van der Waals surface area (Å²) >= 11 is 0. The fourth-order valence-electron chi connectivity index (χ4n) is 2.22. The molecule has 0 unspecified atom stereocenters. The Bertz CT molecular complexity index is 370. The lowest BCUT2D eigenvalue weighted by Crippen LogP contribution is -2.11. The van der Waals surface area contributed by atoms with Crippen molar-refractivity contribution < 1.29 is 0 Å². The van der Waals surface area contributed by atoms with Gasteiger partial charge in [-0.15, -0.1) is 0 Å². The van der Waals surface area contributed by atoms with Gasteiger partial charge in [0.1, 0.15) is 11.6 Å². The van der Waals surface area contributed by atoms with Crippen LogP contribution in [0.5, 0.6) is 0 Å². The fraction of sp³-hybridized carbons (Fsp3) is 0.750. The molecule has 0 atom stereocenters. The van der Waals surface area contributed by atoms with Crippen LogP contribution >= 0.6 is 0 Å². The van der Waals surface area contributed by atoms with Crippen LogP contribution in [0.4, 0.5) is 5.82 Å². The van der Waals surface area contributed by atoms with Crippen molar-refractivity contribution >= 4 is 5.82 Å². The van der Waals surface area contributed by atoms with Gasteiger partial charge in [-0.05, 0) is 31.6 Å². The fourth-order valence-corrected chi connectivity index (χ4v) is 2.22. The van der Waals surface area contributed by atoms with E-state index in [-0.39, 0.29) is 0 Å². The molecule has 3 heteroatoms. The van der Waals surface area contributed by atoms with Crippen molar-refractivity contribution in [3.05, 3.63) is 17.6 Å². The monoisotopic (exact) mass is 263 g/mol. The van der Waals surface area contributed by atoms with Gasteiger partial charge in [0.15, 0.2) is 0 Å². The summed E-state index contributed by atoms with van der Waals surface area (Å²) < 4.78 is 0. The van der Waals surface area contributed by atoms with Crippen molar-refractivity contribution in [3.63, 3.8) is 0 Å². The van der Waals surface area contributed by atoms with Gasteiger partial charge in [-0.3, -0.25) is 0 Å². The molecule has 1 aromatic rings.